The van der Waals surface area contributed by atoms with Crippen LogP contribution in [0.3, 0.4) is 0 Å². The lowest BCUT2D eigenvalue weighted by molar-refractivity contribution is 0.464. The van der Waals surface area contributed by atoms with E-state index in [1.807, 2.05) is 6.07 Å². The summed E-state index contributed by atoms with van der Waals surface area (Å²) in [4.78, 5) is 1.34. The largest absolute Gasteiger partial charge is 0.308 e. The van der Waals surface area contributed by atoms with Crippen molar-refractivity contribution >= 4 is 34.7 Å². The van der Waals surface area contributed by atoms with Crippen molar-refractivity contribution in [2.45, 2.75) is 37.6 Å². The third kappa shape index (κ3) is 3.38. The highest BCUT2D eigenvalue weighted by Gasteiger charge is 2.20. The molecule has 1 aromatic rings. The van der Waals surface area contributed by atoms with Crippen molar-refractivity contribution in [3.05, 3.63) is 21.3 Å². The minimum Gasteiger partial charge on any atom is -0.308 e. The van der Waals surface area contributed by atoms with Gasteiger partial charge < -0.3 is 5.32 Å². The summed E-state index contributed by atoms with van der Waals surface area (Å²) < 4.78 is 0.887. The molecule has 1 N–H and O–H groups in total. The standard InChI is InChI=1S/C11H16ClNS2/c1-8-10(3-2-6-14-8)13-7-9-4-5-11(12)15-9/h4-5,8,10,13H,2-3,6-7H2,1H3. The third-order valence-corrected chi connectivity index (χ3v) is 5.38. The van der Waals surface area contributed by atoms with Crippen molar-refractivity contribution < 1.29 is 0 Å². The van der Waals surface area contributed by atoms with E-state index in [9.17, 15) is 0 Å². The number of thioether (sulfide) groups is 1. The molecule has 1 nitrogen and oxygen atoms in total. The first-order chi connectivity index (χ1) is 7.25. The van der Waals surface area contributed by atoms with Crippen LogP contribution in [-0.4, -0.2) is 17.0 Å². The van der Waals surface area contributed by atoms with Gasteiger partial charge in [0, 0.05) is 22.7 Å². The van der Waals surface area contributed by atoms with Crippen LogP contribution >= 0.6 is 34.7 Å². The molecule has 2 unspecified atom stereocenters. The van der Waals surface area contributed by atoms with E-state index >= 15 is 0 Å². The van der Waals surface area contributed by atoms with Crippen LogP contribution in [0.1, 0.15) is 24.6 Å². The van der Waals surface area contributed by atoms with E-state index in [1.54, 1.807) is 11.3 Å². The monoisotopic (exact) mass is 261 g/mol. The van der Waals surface area contributed by atoms with E-state index in [0.29, 0.717) is 6.04 Å². The van der Waals surface area contributed by atoms with Gasteiger partial charge >= 0.3 is 0 Å². The van der Waals surface area contributed by atoms with E-state index in [-0.39, 0.29) is 0 Å². The Morgan fingerprint density at radius 3 is 3.07 bits per heavy atom. The maximum atomic E-state index is 5.90. The molecular weight excluding hydrogens is 246 g/mol. The fourth-order valence-corrected chi connectivity index (χ4v) is 4.08. The molecule has 2 rings (SSSR count). The number of hydrogen-bond donors (Lipinski definition) is 1. The second kappa shape index (κ2) is 5.58. The average molecular weight is 262 g/mol. The molecular formula is C11H16ClNS2. The minimum atomic E-state index is 0.671. The molecule has 0 spiro atoms. The molecule has 2 heterocycles. The SMILES string of the molecule is CC1SCCCC1NCc1ccc(Cl)s1. The highest BCUT2D eigenvalue weighted by molar-refractivity contribution is 7.99. The Bertz CT molecular complexity index is 313. The van der Waals surface area contributed by atoms with Crippen molar-refractivity contribution in [3.8, 4) is 0 Å². The molecule has 0 bridgehead atoms. The zero-order valence-corrected chi connectivity index (χ0v) is 11.2. The zero-order valence-electron chi connectivity index (χ0n) is 8.83. The van der Waals surface area contributed by atoms with Crippen molar-refractivity contribution in [1.82, 2.24) is 5.32 Å². The molecule has 0 aromatic carbocycles. The van der Waals surface area contributed by atoms with Crippen LogP contribution in [0.4, 0.5) is 0 Å². The Kier molecular flexibility index (Phi) is 4.38. The van der Waals surface area contributed by atoms with Crippen molar-refractivity contribution in [2.24, 2.45) is 0 Å². The summed E-state index contributed by atoms with van der Waals surface area (Å²) >= 11 is 9.65. The summed E-state index contributed by atoms with van der Waals surface area (Å²) in [5, 5.41) is 4.38. The highest BCUT2D eigenvalue weighted by Crippen LogP contribution is 2.26. The first-order valence-electron chi connectivity index (χ1n) is 5.35. The first kappa shape index (κ1) is 11.8. The molecule has 0 radical (unpaired) electrons. The second-order valence-electron chi connectivity index (χ2n) is 3.91. The van der Waals surface area contributed by atoms with Gasteiger partial charge in [-0.3, -0.25) is 0 Å². The molecule has 2 atom stereocenters. The minimum absolute atomic E-state index is 0.671. The average Bonchev–Trinajstić information content (AvgIpc) is 2.63. The van der Waals surface area contributed by atoms with Gasteiger partial charge in [-0.2, -0.15) is 11.8 Å². The molecule has 0 aliphatic carbocycles. The highest BCUT2D eigenvalue weighted by atomic mass is 35.5. The smallest absolute Gasteiger partial charge is 0.0931 e. The fourth-order valence-electron chi connectivity index (χ4n) is 1.87. The van der Waals surface area contributed by atoms with Gasteiger partial charge in [0.15, 0.2) is 0 Å². The maximum Gasteiger partial charge on any atom is 0.0931 e. The fraction of sp³-hybridized carbons (Fsp3) is 0.636. The summed E-state index contributed by atoms with van der Waals surface area (Å²) in [5.74, 6) is 1.32. The summed E-state index contributed by atoms with van der Waals surface area (Å²) in [6, 6.07) is 4.76. The predicted octanol–water partition coefficient (Wildman–Crippen LogP) is 3.78. The van der Waals surface area contributed by atoms with Gasteiger partial charge in [0.2, 0.25) is 0 Å². The van der Waals surface area contributed by atoms with Crippen LogP contribution in [0.15, 0.2) is 12.1 Å². The second-order valence-corrected chi connectivity index (χ2v) is 7.20. The number of nitrogens with one attached hydrogen (secondary N) is 1. The van der Waals surface area contributed by atoms with E-state index < -0.39 is 0 Å². The van der Waals surface area contributed by atoms with Crippen LogP contribution < -0.4 is 5.32 Å². The molecule has 1 fully saturated rings. The van der Waals surface area contributed by atoms with Crippen LogP contribution in [0.5, 0.6) is 0 Å². The van der Waals surface area contributed by atoms with Crippen molar-refractivity contribution in [3.63, 3.8) is 0 Å². The lowest BCUT2D eigenvalue weighted by atomic mass is 10.1. The summed E-state index contributed by atoms with van der Waals surface area (Å²) in [6.07, 6.45) is 2.66. The molecule has 15 heavy (non-hydrogen) atoms. The van der Waals surface area contributed by atoms with Crippen LogP contribution in [-0.2, 0) is 6.54 Å². The summed E-state index contributed by atoms with van der Waals surface area (Å²) in [5.41, 5.74) is 0. The number of hydrogen-bond acceptors (Lipinski definition) is 3. The Morgan fingerprint density at radius 2 is 2.40 bits per heavy atom. The molecule has 0 amide bonds. The normalized spacial score (nSPS) is 26.8. The van der Waals surface area contributed by atoms with Gasteiger partial charge in [0.05, 0.1) is 4.34 Å². The summed E-state index contributed by atoms with van der Waals surface area (Å²) in [7, 11) is 0. The number of thiophene rings is 1. The third-order valence-electron chi connectivity index (χ3n) is 2.77. The summed E-state index contributed by atoms with van der Waals surface area (Å²) in [6.45, 7) is 3.29. The first-order valence-corrected chi connectivity index (χ1v) is 7.59. The van der Waals surface area contributed by atoms with E-state index in [1.165, 1.54) is 23.5 Å². The lowest BCUT2D eigenvalue weighted by Gasteiger charge is -2.29. The quantitative estimate of drug-likeness (QED) is 0.889. The molecule has 4 heteroatoms. The van der Waals surface area contributed by atoms with E-state index in [0.717, 1.165) is 16.1 Å². The Hall–Kier alpha value is 0.300. The van der Waals surface area contributed by atoms with Gasteiger partial charge in [-0.1, -0.05) is 18.5 Å². The van der Waals surface area contributed by atoms with Gasteiger partial charge in [-0.15, -0.1) is 11.3 Å². The number of rotatable bonds is 3. The number of halogens is 1. The molecule has 0 saturated carbocycles. The Balaban J connectivity index is 1.81. The van der Waals surface area contributed by atoms with Crippen molar-refractivity contribution in [1.29, 1.82) is 0 Å². The van der Waals surface area contributed by atoms with Crippen LogP contribution in [0.2, 0.25) is 4.34 Å². The molecule has 84 valence electrons. The zero-order chi connectivity index (χ0) is 10.7. The van der Waals surface area contributed by atoms with Gasteiger partial charge in [-0.25, -0.2) is 0 Å². The molecule has 1 saturated heterocycles. The van der Waals surface area contributed by atoms with Crippen LogP contribution in [0, 0.1) is 0 Å². The van der Waals surface area contributed by atoms with E-state index in [2.05, 4.69) is 30.1 Å². The van der Waals surface area contributed by atoms with Gasteiger partial charge in [0.1, 0.15) is 0 Å². The predicted molar refractivity (Wildman–Crippen MR) is 71.1 cm³/mol. The van der Waals surface area contributed by atoms with Gasteiger partial charge in [-0.05, 0) is 30.7 Å². The molecule has 1 aliphatic rings. The maximum absolute atomic E-state index is 5.90. The van der Waals surface area contributed by atoms with E-state index in [4.69, 9.17) is 11.6 Å². The topological polar surface area (TPSA) is 12.0 Å². The lowest BCUT2D eigenvalue weighted by Crippen LogP contribution is -2.38. The van der Waals surface area contributed by atoms with Gasteiger partial charge in [0.25, 0.3) is 0 Å². The Labute approximate surface area is 105 Å². The molecule has 1 aromatic heterocycles. The Morgan fingerprint density at radius 1 is 1.53 bits per heavy atom. The van der Waals surface area contributed by atoms with Crippen LogP contribution in [0.25, 0.3) is 0 Å². The molecule has 1 aliphatic heterocycles. The van der Waals surface area contributed by atoms with Crippen molar-refractivity contribution in [2.75, 3.05) is 5.75 Å².